The molecule has 4 rings (SSSR count). The van der Waals surface area contributed by atoms with Gasteiger partial charge in [0.25, 0.3) is 0 Å². The van der Waals surface area contributed by atoms with Gasteiger partial charge >= 0.3 is 0 Å². The van der Waals surface area contributed by atoms with Crippen LogP contribution in [0.15, 0.2) is 12.2 Å². The topological polar surface area (TPSA) is 49.4 Å². The van der Waals surface area contributed by atoms with Gasteiger partial charge in [-0.1, -0.05) is 26.0 Å². The summed E-state index contributed by atoms with van der Waals surface area (Å²) in [5.74, 6) is 0.691. The van der Waals surface area contributed by atoms with E-state index >= 15 is 0 Å². The summed E-state index contributed by atoms with van der Waals surface area (Å²) in [6.07, 6.45) is 7.64. The minimum Gasteiger partial charge on any atom is -0.312 e. The van der Waals surface area contributed by atoms with E-state index in [0.29, 0.717) is 18.4 Å². The lowest BCUT2D eigenvalue weighted by molar-refractivity contribution is -0.141. The number of allylic oxidation sites excluding steroid dienone is 2. The van der Waals surface area contributed by atoms with Crippen LogP contribution in [-0.2, 0) is 9.59 Å². The number of likely N-dealkylation sites (tertiary alicyclic amines) is 1. The van der Waals surface area contributed by atoms with Crippen LogP contribution in [0.3, 0.4) is 0 Å². The van der Waals surface area contributed by atoms with Gasteiger partial charge in [0, 0.05) is 12.6 Å². The molecule has 21 heavy (non-hydrogen) atoms. The molecule has 1 N–H and O–H groups in total. The highest BCUT2D eigenvalue weighted by atomic mass is 16.2. The second kappa shape index (κ2) is 4.42. The fourth-order valence-corrected chi connectivity index (χ4v) is 4.91. The highest BCUT2D eigenvalue weighted by Gasteiger charge is 2.59. The van der Waals surface area contributed by atoms with E-state index in [-0.39, 0.29) is 35.1 Å². The molecule has 5 unspecified atom stereocenters. The number of fused-ring (bicyclic) bond motifs is 5. The number of rotatable bonds is 2. The average Bonchev–Trinajstić information content (AvgIpc) is 3.10. The van der Waals surface area contributed by atoms with Gasteiger partial charge in [0.15, 0.2) is 0 Å². The molecule has 2 saturated heterocycles. The maximum Gasteiger partial charge on any atom is 0.233 e. The van der Waals surface area contributed by atoms with Crippen molar-refractivity contribution in [2.24, 2.45) is 29.1 Å². The number of nitrogens with one attached hydrogen (secondary N) is 1. The molecule has 0 aromatic heterocycles. The standard InChI is InChI=1S/C17H24N2O2/c1-17(2)6-3-7-18-12(17)9-19-15(20)13-10-4-5-11(8-10)14(13)16(19)21/h4-5,10-14,18H,3,6-9H2,1-2H3. The van der Waals surface area contributed by atoms with Crippen molar-refractivity contribution in [1.82, 2.24) is 10.2 Å². The molecule has 4 heteroatoms. The van der Waals surface area contributed by atoms with Crippen molar-refractivity contribution in [3.8, 4) is 0 Å². The molecule has 2 bridgehead atoms. The maximum absolute atomic E-state index is 12.7. The third-order valence-corrected chi connectivity index (χ3v) is 6.26. The lowest BCUT2D eigenvalue weighted by Crippen LogP contribution is -2.54. The van der Waals surface area contributed by atoms with Crippen molar-refractivity contribution in [1.29, 1.82) is 0 Å². The Bertz CT molecular complexity index is 495. The third kappa shape index (κ3) is 1.84. The van der Waals surface area contributed by atoms with Gasteiger partial charge in [-0.2, -0.15) is 0 Å². The molecule has 2 aliphatic heterocycles. The largest absolute Gasteiger partial charge is 0.312 e. The molecule has 114 valence electrons. The van der Waals surface area contributed by atoms with Crippen LogP contribution >= 0.6 is 0 Å². The molecule has 2 heterocycles. The quantitative estimate of drug-likeness (QED) is 0.620. The lowest BCUT2D eigenvalue weighted by atomic mass is 9.77. The van der Waals surface area contributed by atoms with E-state index in [1.807, 2.05) is 0 Å². The van der Waals surface area contributed by atoms with Crippen LogP contribution in [0, 0.1) is 29.1 Å². The van der Waals surface area contributed by atoms with Crippen molar-refractivity contribution in [2.45, 2.75) is 39.2 Å². The Morgan fingerprint density at radius 2 is 1.81 bits per heavy atom. The Morgan fingerprint density at radius 3 is 2.38 bits per heavy atom. The van der Waals surface area contributed by atoms with Crippen LogP contribution in [0.4, 0.5) is 0 Å². The van der Waals surface area contributed by atoms with E-state index in [9.17, 15) is 9.59 Å². The van der Waals surface area contributed by atoms with Crippen LogP contribution in [-0.4, -0.2) is 35.8 Å². The number of piperidine rings is 1. The van der Waals surface area contributed by atoms with E-state index in [0.717, 1.165) is 19.4 Å². The number of carbonyl (C=O) groups is 2. The Kier molecular flexibility index (Phi) is 2.84. The molecule has 2 aliphatic carbocycles. The van der Waals surface area contributed by atoms with Gasteiger partial charge in [0.05, 0.1) is 11.8 Å². The highest BCUT2D eigenvalue weighted by Crippen LogP contribution is 2.52. The van der Waals surface area contributed by atoms with Gasteiger partial charge in [0.1, 0.15) is 0 Å². The highest BCUT2D eigenvalue weighted by molar-refractivity contribution is 6.06. The SMILES string of the molecule is CC1(C)CCCNC1CN1C(=O)C2C3C=CC(C3)C2C1=O. The number of imide groups is 1. The summed E-state index contributed by atoms with van der Waals surface area (Å²) in [7, 11) is 0. The zero-order chi connectivity index (χ0) is 14.8. The third-order valence-electron chi connectivity index (χ3n) is 6.26. The molecule has 0 spiro atoms. The molecule has 4 nitrogen and oxygen atoms in total. The van der Waals surface area contributed by atoms with Crippen LogP contribution in [0.2, 0.25) is 0 Å². The summed E-state index contributed by atoms with van der Waals surface area (Å²) in [6.45, 7) is 6.02. The second-order valence-electron chi connectivity index (χ2n) is 7.89. The summed E-state index contributed by atoms with van der Waals surface area (Å²) >= 11 is 0. The number of amides is 2. The van der Waals surface area contributed by atoms with E-state index in [4.69, 9.17) is 0 Å². The fraction of sp³-hybridized carbons (Fsp3) is 0.765. The monoisotopic (exact) mass is 288 g/mol. The van der Waals surface area contributed by atoms with E-state index in [1.54, 1.807) is 4.90 Å². The summed E-state index contributed by atoms with van der Waals surface area (Å²) in [5.41, 5.74) is 0.147. The molecule has 4 aliphatic rings. The number of carbonyl (C=O) groups excluding carboxylic acids is 2. The molecule has 0 radical (unpaired) electrons. The fourth-order valence-electron chi connectivity index (χ4n) is 4.91. The number of hydrogen-bond donors (Lipinski definition) is 1. The Labute approximate surface area is 125 Å². The van der Waals surface area contributed by atoms with E-state index in [1.165, 1.54) is 6.42 Å². The maximum atomic E-state index is 12.7. The molecular formula is C17H24N2O2. The van der Waals surface area contributed by atoms with Gasteiger partial charge in [-0.25, -0.2) is 0 Å². The summed E-state index contributed by atoms with van der Waals surface area (Å²) in [6, 6.07) is 0.226. The lowest BCUT2D eigenvalue weighted by Gasteiger charge is -2.41. The minimum absolute atomic E-state index is 0.0563. The van der Waals surface area contributed by atoms with Gasteiger partial charge in [0.2, 0.25) is 11.8 Å². The van der Waals surface area contributed by atoms with Gasteiger partial charge < -0.3 is 5.32 Å². The molecule has 1 saturated carbocycles. The van der Waals surface area contributed by atoms with Crippen molar-refractivity contribution in [2.75, 3.05) is 13.1 Å². The van der Waals surface area contributed by atoms with Crippen molar-refractivity contribution in [3.63, 3.8) is 0 Å². The number of hydrogen-bond acceptors (Lipinski definition) is 3. The number of nitrogens with zero attached hydrogens (tertiary/aromatic N) is 1. The normalized spacial score (nSPS) is 43.7. The van der Waals surface area contributed by atoms with Crippen LogP contribution in [0.25, 0.3) is 0 Å². The van der Waals surface area contributed by atoms with Crippen LogP contribution in [0.5, 0.6) is 0 Å². The predicted molar refractivity (Wildman–Crippen MR) is 79.2 cm³/mol. The predicted octanol–water partition coefficient (Wildman–Crippen LogP) is 1.57. The van der Waals surface area contributed by atoms with E-state index < -0.39 is 0 Å². The van der Waals surface area contributed by atoms with E-state index in [2.05, 4.69) is 31.3 Å². The zero-order valence-corrected chi connectivity index (χ0v) is 12.8. The van der Waals surface area contributed by atoms with Crippen molar-refractivity contribution < 1.29 is 9.59 Å². The molecule has 2 amide bonds. The zero-order valence-electron chi connectivity index (χ0n) is 12.8. The molecule has 0 aromatic rings. The minimum atomic E-state index is -0.0563. The second-order valence-corrected chi connectivity index (χ2v) is 7.89. The first-order valence-electron chi connectivity index (χ1n) is 8.26. The van der Waals surface area contributed by atoms with Gasteiger partial charge in [-0.15, -0.1) is 0 Å². The molecule has 5 atom stereocenters. The Morgan fingerprint density at radius 1 is 1.19 bits per heavy atom. The first-order chi connectivity index (χ1) is 9.99. The molecular weight excluding hydrogens is 264 g/mol. The first-order valence-corrected chi connectivity index (χ1v) is 8.26. The van der Waals surface area contributed by atoms with Crippen molar-refractivity contribution >= 4 is 11.8 Å². The molecule has 0 aromatic carbocycles. The van der Waals surface area contributed by atoms with Gasteiger partial charge in [-0.3, -0.25) is 14.5 Å². The molecule has 3 fully saturated rings. The Balaban J connectivity index is 1.54. The van der Waals surface area contributed by atoms with Crippen LogP contribution in [0.1, 0.15) is 33.1 Å². The van der Waals surface area contributed by atoms with Crippen molar-refractivity contribution in [3.05, 3.63) is 12.2 Å². The average molecular weight is 288 g/mol. The smallest absolute Gasteiger partial charge is 0.233 e. The summed E-state index contributed by atoms with van der Waals surface area (Å²) in [4.78, 5) is 27.0. The Hall–Kier alpha value is -1.16. The van der Waals surface area contributed by atoms with Gasteiger partial charge in [-0.05, 0) is 43.1 Å². The summed E-state index contributed by atoms with van der Waals surface area (Å²) in [5, 5.41) is 3.52. The first kappa shape index (κ1) is 13.5. The van der Waals surface area contributed by atoms with Crippen LogP contribution < -0.4 is 5.32 Å². The summed E-state index contributed by atoms with van der Waals surface area (Å²) < 4.78 is 0.